The maximum atomic E-state index is 12.7. The van der Waals surface area contributed by atoms with Gasteiger partial charge in [0.05, 0.1) is 23.9 Å². The Morgan fingerprint density at radius 1 is 1.19 bits per heavy atom. The first-order valence-electron chi connectivity index (χ1n) is 11.2. The summed E-state index contributed by atoms with van der Waals surface area (Å²) in [5.41, 5.74) is 10.4. The Morgan fingerprint density at radius 2 is 1.94 bits per heavy atom. The highest BCUT2D eigenvalue weighted by molar-refractivity contribution is 6.08. The number of ether oxygens (including phenoxy) is 1. The number of Topliss-reactive ketones (excluding diaryl/α,β-unsaturated/α-hetero) is 1. The normalized spacial score (nSPS) is 13.2. The van der Waals surface area contributed by atoms with Crippen LogP contribution in [0, 0.1) is 5.92 Å². The number of methoxy groups -OCH3 is 1. The summed E-state index contributed by atoms with van der Waals surface area (Å²) in [4.78, 5) is 29.4. The van der Waals surface area contributed by atoms with Crippen molar-refractivity contribution in [1.29, 1.82) is 0 Å². The summed E-state index contributed by atoms with van der Waals surface area (Å²) in [6.07, 6.45) is 6.32. The lowest BCUT2D eigenvalue weighted by Crippen LogP contribution is -2.24. The van der Waals surface area contributed by atoms with E-state index in [9.17, 15) is 9.59 Å². The molecule has 1 heterocycles. The van der Waals surface area contributed by atoms with Gasteiger partial charge in [-0.1, -0.05) is 25.5 Å². The van der Waals surface area contributed by atoms with Gasteiger partial charge in [-0.2, -0.15) is 0 Å². The van der Waals surface area contributed by atoms with Crippen LogP contribution < -0.4 is 15.8 Å². The molecule has 0 unspecified atom stereocenters. The van der Waals surface area contributed by atoms with E-state index >= 15 is 0 Å². The smallest absolute Gasteiger partial charge is 0.251 e. The Labute approximate surface area is 188 Å². The fourth-order valence-corrected chi connectivity index (χ4v) is 3.83. The van der Waals surface area contributed by atoms with Crippen molar-refractivity contribution < 1.29 is 14.3 Å². The second kappa shape index (κ2) is 9.39. The van der Waals surface area contributed by atoms with Crippen molar-refractivity contribution in [1.82, 2.24) is 10.3 Å². The molecule has 1 aliphatic carbocycles. The van der Waals surface area contributed by atoms with Crippen LogP contribution in [-0.4, -0.2) is 30.3 Å². The van der Waals surface area contributed by atoms with E-state index in [2.05, 4.69) is 17.2 Å². The third-order valence-electron chi connectivity index (χ3n) is 5.98. The number of aromatic nitrogens is 1. The first-order valence-corrected chi connectivity index (χ1v) is 11.2. The predicted octanol–water partition coefficient (Wildman–Crippen LogP) is 5.01. The summed E-state index contributed by atoms with van der Waals surface area (Å²) in [5.74, 6) is 1.11. The fraction of sp³-hybridized carbons (Fsp3) is 0.346. The van der Waals surface area contributed by atoms with Crippen LogP contribution in [0.3, 0.4) is 0 Å². The number of carbonyl (C=O) groups excluding carboxylic acids is 2. The number of hydrogen-bond donors (Lipinski definition) is 2. The number of pyridine rings is 1. The van der Waals surface area contributed by atoms with E-state index in [1.54, 1.807) is 25.4 Å². The number of fused-ring (bicyclic) bond motifs is 1. The number of unbranched alkanes of at least 4 members (excludes halogenated alkanes) is 1. The van der Waals surface area contributed by atoms with Crippen LogP contribution in [-0.2, 0) is 0 Å². The van der Waals surface area contributed by atoms with Crippen molar-refractivity contribution >= 4 is 28.3 Å². The van der Waals surface area contributed by atoms with E-state index in [4.69, 9.17) is 10.5 Å². The minimum atomic E-state index is -0.0808. The van der Waals surface area contributed by atoms with Crippen molar-refractivity contribution in [3.05, 3.63) is 53.7 Å². The molecule has 1 aliphatic rings. The molecule has 1 fully saturated rings. The highest BCUT2D eigenvalue weighted by Crippen LogP contribution is 2.38. The van der Waals surface area contributed by atoms with Crippen molar-refractivity contribution in [2.24, 2.45) is 5.92 Å². The Bertz CT molecular complexity index is 1150. The molecule has 0 spiro atoms. The monoisotopic (exact) mass is 431 g/mol. The van der Waals surface area contributed by atoms with Gasteiger partial charge < -0.3 is 15.8 Å². The Balaban J connectivity index is 1.67. The zero-order valence-electron chi connectivity index (χ0n) is 18.6. The fourth-order valence-electron chi connectivity index (χ4n) is 3.83. The van der Waals surface area contributed by atoms with Gasteiger partial charge in [-0.15, -0.1) is 0 Å². The largest absolute Gasteiger partial charge is 0.496 e. The van der Waals surface area contributed by atoms with Gasteiger partial charge in [0, 0.05) is 41.7 Å². The van der Waals surface area contributed by atoms with Gasteiger partial charge in [0.25, 0.3) is 5.91 Å². The number of hydrogen-bond acceptors (Lipinski definition) is 5. The molecular formula is C26H29N3O3. The first-order chi connectivity index (χ1) is 15.5. The molecule has 3 aromatic rings. The number of carbonyl (C=O) groups is 2. The number of benzene rings is 2. The topological polar surface area (TPSA) is 94.3 Å². The SMILES string of the molecule is CCCCNC(=O)c1ccc(-c2cc3c(N)c(C(=O)CC4CC4)cnc3cc2OC)cc1. The molecule has 4 rings (SSSR count). The van der Waals surface area contributed by atoms with Crippen LogP contribution in [0.15, 0.2) is 42.6 Å². The van der Waals surface area contributed by atoms with E-state index in [-0.39, 0.29) is 11.7 Å². The number of amides is 1. The number of nitrogen functional groups attached to an aromatic ring is 1. The molecule has 0 saturated heterocycles. The minimum Gasteiger partial charge on any atom is -0.496 e. The second-order valence-corrected chi connectivity index (χ2v) is 8.41. The highest BCUT2D eigenvalue weighted by atomic mass is 16.5. The number of nitrogens with two attached hydrogens (primary N) is 1. The maximum Gasteiger partial charge on any atom is 0.251 e. The summed E-state index contributed by atoms with van der Waals surface area (Å²) in [7, 11) is 1.61. The lowest BCUT2D eigenvalue weighted by molar-refractivity contribution is 0.0950. The van der Waals surface area contributed by atoms with E-state index in [1.807, 2.05) is 24.3 Å². The van der Waals surface area contributed by atoms with Crippen molar-refractivity contribution in [2.75, 3.05) is 19.4 Å². The molecule has 1 aromatic heterocycles. The van der Waals surface area contributed by atoms with E-state index < -0.39 is 0 Å². The van der Waals surface area contributed by atoms with Crippen LogP contribution in [0.5, 0.6) is 5.75 Å². The third kappa shape index (κ3) is 4.59. The molecule has 3 N–H and O–H groups in total. The van der Waals surface area contributed by atoms with Crippen LogP contribution in [0.25, 0.3) is 22.0 Å². The van der Waals surface area contributed by atoms with Crippen molar-refractivity contribution in [3.63, 3.8) is 0 Å². The second-order valence-electron chi connectivity index (χ2n) is 8.41. The first kappa shape index (κ1) is 21.8. The Hall–Kier alpha value is -3.41. The number of rotatable bonds is 9. The molecule has 1 amide bonds. The lowest BCUT2D eigenvalue weighted by Gasteiger charge is -2.14. The predicted molar refractivity (Wildman–Crippen MR) is 127 cm³/mol. The number of nitrogens with one attached hydrogen (secondary N) is 1. The lowest BCUT2D eigenvalue weighted by atomic mass is 9.97. The van der Waals surface area contributed by atoms with Crippen LogP contribution in [0.2, 0.25) is 0 Å². The number of anilines is 1. The maximum absolute atomic E-state index is 12.7. The van der Waals surface area contributed by atoms with Gasteiger partial charge in [0.1, 0.15) is 5.75 Å². The van der Waals surface area contributed by atoms with Crippen LogP contribution >= 0.6 is 0 Å². The van der Waals surface area contributed by atoms with Gasteiger partial charge in [0.2, 0.25) is 0 Å². The van der Waals surface area contributed by atoms with Gasteiger partial charge in [-0.05, 0) is 48.9 Å². The molecule has 6 nitrogen and oxygen atoms in total. The zero-order valence-corrected chi connectivity index (χ0v) is 18.6. The van der Waals surface area contributed by atoms with E-state index in [0.717, 1.165) is 42.2 Å². The molecule has 0 atom stereocenters. The van der Waals surface area contributed by atoms with Crippen LogP contribution in [0.1, 0.15) is 59.7 Å². The average molecular weight is 432 g/mol. The van der Waals surface area contributed by atoms with Gasteiger partial charge in [0.15, 0.2) is 5.78 Å². The minimum absolute atomic E-state index is 0.0511. The third-order valence-corrected chi connectivity index (χ3v) is 5.98. The molecule has 6 heteroatoms. The molecule has 0 radical (unpaired) electrons. The van der Waals surface area contributed by atoms with Gasteiger partial charge in [-0.3, -0.25) is 14.6 Å². The van der Waals surface area contributed by atoms with Gasteiger partial charge in [-0.25, -0.2) is 0 Å². The van der Waals surface area contributed by atoms with E-state index in [1.165, 1.54) is 0 Å². The Morgan fingerprint density at radius 3 is 2.59 bits per heavy atom. The highest BCUT2D eigenvalue weighted by Gasteiger charge is 2.26. The number of nitrogens with zero attached hydrogens (tertiary/aromatic N) is 1. The molecule has 2 aromatic carbocycles. The summed E-state index contributed by atoms with van der Waals surface area (Å²) >= 11 is 0. The molecule has 0 aliphatic heterocycles. The zero-order chi connectivity index (χ0) is 22.7. The average Bonchev–Trinajstić information content (AvgIpc) is 3.62. The standard InChI is InChI=1S/C26H29N3O3/c1-3-4-11-28-26(31)18-9-7-17(8-10-18)19-13-20-22(14-24(19)32-2)29-15-21(25(20)27)23(30)12-16-5-6-16/h7-10,13-16H,3-6,11-12H2,1-2H3,(H2,27,29)(H,28,31). The molecule has 0 bridgehead atoms. The summed E-state index contributed by atoms with van der Waals surface area (Å²) in [6.45, 7) is 2.76. The molecule has 166 valence electrons. The summed E-state index contributed by atoms with van der Waals surface area (Å²) < 4.78 is 5.60. The van der Waals surface area contributed by atoms with Gasteiger partial charge >= 0.3 is 0 Å². The molecular weight excluding hydrogens is 402 g/mol. The summed E-state index contributed by atoms with van der Waals surface area (Å²) in [5, 5.41) is 3.65. The summed E-state index contributed by atoms with van der Waals surface area (Å²) in [6, 6.07) is 11.1. The molecule has 1 saturated carbocycles. The van der Waals surface area contributed by atoms with E-state index in [0.29, 0.717) is 47.0 Å². The number of ketones is 1. The molecule has 32 heavy (non-hydrogen) atoms. The van der Waals surface area contributed by atoms with Crippen molar-refractivity contribution in [3.8, 4) is 16.9 Å². The van der Waals surface area contributed by atoms with Crippen LogP contribution in [0.4, 0.5) is 5.69 Å². The quantitative estimate of drug-likeness (QED) is 0.367. The Kier molecular flexibility index (Phi) is 6.40. The van der Waals surface area contributed by atoms with Crippen molar-refractivity contribution in [2.45, 2.75) is 39.0 Å².